The van der Waals surface area contributed by atoms with Crippen molar-refractivity contribution in [2.24, 2.45) is 0 Å². The molecule has 32 heavy (non-hydrogen) atoms. The Morgan fingerprint density at radius 3 is 2.38 bits per heavy atom. The summed E-state index contributed by atoms with van der Waals surface area (Å²) in [5, 5.41) is 3.34. The number of nitrogens with zero attached hydrogens (tertiary/aromatic N) is 1. The van der Waals surface area contributed by atoms with Gasteiger partial charge in [-0.25, -0.2) is 17.1 Å². The second-order valence-electron chi connectivity index (χ2n) is 7.62. The Hall–Kier alpha value is -2.36. The largest absolute Gasteiger partial charge is 0.495 e. The van der Waals surface area contributed by atoms with Crippen molar-refractivity contribution < 1.29 is 27.0 Å². The van der Waals surface area contributed by atoms with Crippen LogP contribution in [0.15, 0.2) is 41.3 Å². The van der Waals surface area contributed by atoms with Gasteiger partial charge >= 0.3 is 0 Å². The van der Waals surface area contributed by atoms with Gasteiger partial charge in [0.2, 0.25) is 10.0 Å². The molecule has 2 aromatic carbocycles. The van der Waals surface area contributed by atoms with E-state index in [-0.39, 0.29) is 16.8 Å². The summed E-state index contributed by atoms with van der Waals surface area (Å²) in [6.45, 7) is 5.40. The monoisotopic (exact) mass is 468 g/mol. The molecule has 0 amide bonds. The van der Waals surface area contributed by atoms with Crippen molar-refractivity contribution in [1.82, 2.24) is 9.62 Å². The summed E-state index contributed by atoms with van der Waals surface area (Å²) in [5.74, 6) is 0.830. The van der Waals surface area contributed by atoms with Crippen LogP contribution in [-0.2, 0) is 16.4 Å². The molecule has 0 spiro atoms. The summed E-state index contributed by atoms with van der Waals surface area (Å²) >= 11 is 0. The molecule has 0 aliphatic rings. The minimum atomic E-state index is -3.62. The minimum Gasteiger partial charge on any atom is -0.495 e. The predicted octanol–water partition coefficient (Wildman–Crippen LogP) is 3.47. The van der Waals surface area contributed by atoms with Gasteiger partial charge in [-0.05, 0) is 49.6 Å². The Kier molecular flexibility index (Phi) is 9.74. The smallest absolute Gasteiger partial charge is 0.246 e. The van der Waals surface area contributed by atoms with Gasteiger partial charge in [0.15, 0.2) is 11.5 Å². The van der Waals surface area contributed by atoms with Gasteiger partial charge in [0.05, 0.1) is 13.7 Å². The first-order chi connectivity index (χ1) is 15.2. The molecule has 1 atom stereocenters. The third kappa shape index (κ3) is 7.08. The number of halogens is 1. The quantitative estimate of drug-likeness (QED) is 0.454. The van der Waals surface area contributed by atoms with E-state index in [1.807, 2.05) is 19.9 Å². The number of benzene rings is 2. The fraction of sp³-hybridized carbons (Fsp3) is 0.478. The molecule has 0 fully saturated rings. The molecule has 2 rings (SSSR count). The Balaban J connectivity index is 1.94. The fourth-order valence-electron chi connectivity index (χ4n) is 3.06. The molecule has 2 aromatic rings. The lowest BCUT2D eigenvalue weighted by Crippen LogP contribution is -2.32. The van der Waals surface area contributed by atoms with Gasteiger partial charge in [-0.15, -0.1) is 0 Å². The van der Waals surface area contributed by atoms with E-state index >= 15 is 0 Å². The molecule has 9 heteroatoms. The summed E-state index contributed by atoms with van der Waals surface area (Å²) < 4.78 is 56.4. The topological polar surface area (TPSA) is 77.1 Å². The molecule has 178 valence electrons. The third-order valence-electron chi connectivity index (χ3n) is 4.75. The first-order valence-electron chi connectivity index (χ1n) is 10.6. The molecule has 0 saturated carbocycles. The van der Waals surface area contributed by atoms with Crippen molar-refractivity contribution in [3.63, 3.8) is 0 Å². The van der Waals surface area contributed by atoms with Crippen molar-refractivity contribution in [2.75, 3.05) is 41.0 Å². The number of hydrogen-bond acceptors (Lipinski definition) is 6. The minimum absolute atomic E-state index is 0.0604. The van der Waals surface area contributed by atoms with Crippen LogP contribution in [0.25, 0.3) is 0 Å². The van der Waals surface area contributed by atoms with E-state index in [4.69, 9.17) is 14.2 Å². The van der Waals surface area contributed by atoms with E-state index in [1.165, 1.54) is 37.6 Å². The first-order valence-corrected chi connectivity index (χ1v) is 12.0. The molecule has 0 aliphatic carbocycles. The average Bonchev–Trinajstić information content (AvgIpc) is 2.76. The van der Waals surface area contributed by atoms with Crippen LogP contribution in [0.2, 0.25) is 0 Å². The standard InChI is InChI=1S/C23H33FN2O5S/c1-6-12-30-20-10-8-19(24)16-22(20)31-13-11-25-17(2)14-18-7-9-21(29-5)23(15-18)32(27,28)26(3)4/h7-10,15-17,25H,6,11-14H2,1-5H3. The Bertz CT molecular complexity index is 982. The molecule has 0 saturated heterocycles. The van der Waals surface area contributed by atoms with E-state index < -0.39 is 10.0 Å². The SMILES string of the molecule is CCCOc1ccc(F)cc1OCCNC(C)Cc1ccc(OC)c(S(=O)(=O)N(C)C)c1. The van der Waals surface area contributed by atoms with Gasteiger partial charge in [0.25, 0.3) is 0 Å². The summed E-state index contributed by atoms with van der Waals surface area (Å²) in [4.78, 5) is 0.142. The highest BCUT2D eigenvalue weighted by Gasteiger charge is 2.23. The average molecular weight is 469 g/mol. The van der Waals surface area contributed by atoms with E-state index in [0.717, 1.165) is 12.0 Å². The molecule has 0 bridgehead atoms. The zero-order valence-electron chi connectivity index (χ0n) is 19.4. The molecule has 7 nitrogen and oxygen atoms in total. The highest BCUT2D eigenvalue weighted by Crippen LogP contribution is 2.28. The van der Waals surface area contributed by atoms with Crippen LogP contribution in [0.1, 0.15) is 25.8 Å². The summed E-state index contributed by atoms with van der Waals surface area (Å²) in [6, 6.07) is 9.46. The number of methoxy groups -OCH3 is 1. The Morgan fingerprint density at radius 2 is 1.72 bits per heavy atom. The highest BCUT2D eigenvalue weighted by molar-refractivity contribution is 7.89. The van der Waals surface area contributed by atoms with Crippen molar-refractivity contribution in [1.29, 1.82) is 0 Å². The van der Waals surface area contributed by atoms with Crippen LogP contribution < -0.4 is 19.5 Å². The van der Waals surface area contributed by atoms with Crippen LogP contribution in [0, 0.1) is 5.82 Å². The predicted molar refractivity (Wildman–Crippen MR) is 123 cm³/mol. The zero-order valence-corrected chi connectivity index (χ0v) is 20.2. The maximum Gasteiger partial charge on any atom is 0.246 e. The van der Waals surface area contributed by atoms with Gasteiger partial charge in [-0.2, -0.15) is 0 Å². The second-order valence-corrected chi connectivity index (χ2v) is 9.74. The molecule has 0 radical (unpaired) electrons. The third-order valence-corrected chi connectivity index (χ3v) is 6.58. The maximum atomic E-state index is 13.6. The number of ether oxygens (including phenoxy) is 3. The lowest BCUT2D eigenvalue weighted by Gasteiger charge is -2.18. The van der Waals surface area contributed by atoms with Gasteiger partial charge in [-0.3, -0.25) is 0 Å². The lowest BCUT2D eigenvalue weighted by atomic mass is 10.1. The fourth-order valence-corrected chi connectivity index (χ4v) is 4.16. The van der Waals surface area contributed by atoms with Crippen LogP contribution in [0.4, 0.5) is 4.39 Å². The van der Waals surface area contributed by atoms with E-state index in [9.17, 15) is 12.8 Å². The number of rotatable bonds is 13. The molecular weight excluding hydrogens is 435 g/mol. The highest BCUT2D eigenvalue weighted by atomic mass is 32.2. The van der Waals surface area contributed by atoms with E-state index in [2.05, 4.69) is 5.32 Å². The van der Waals surface area contributed by atoms with Crippen LogP contribution in [0.3, 0.4) is 0 Å². The maximum absolute atomic E-state index is 13.6. The second kappa shape index (κ2) is 12.0. The number of nitrogens with one attached hydrogen (secondary N) is 1. The Morgan fingerprint density at radius 1 is 1.03 bits per heavy atom. The molecule has 1 N–H and O–H groups in total. The van der Waals surface area contributed by atoms with Crippen molar-refractivity contribution >= 4 is 10.0 Å². The van der Waals surface area contributed by atoms with Crippen LogP contribution in [-0.4, -0.2) is 59.7 Å². The van der Waals surface area contributed by atoms with Gasteiger partial charge in [0, 0.05) is 32.7 Å². The van der Waals surface area contributed by atoms with Crippen molar-refractivity contribution in [3.05, 3.63) is 47.8 Å². The normalized spacial score (nSPS) is 12.6. The van der Waals surface area contributed by atoms with Crippen LogP contribution in [0.5, 0.6) is 17.2 Å². The first kappa shape index (κ1) is 25.9. The van der Waals surface area contributed by atoms with Crippen molar-refractivity contribution in [2.45, 2.75) is 37.6 Å². The van der Waals surface area contributed by atoms with Crippen molar-refractivity contribution in [3.8, 4) is 17.2 Å². The zero-order chi connectivity index (χ0) is 23.7. The number of hydrogen-bond donors (Lipinski definition) is 1. The van der Waals surface area contributed by atoms with Gasteiger partial charge in [0.1, 0.15) is 23.1 Å². The number of sulfonamides is 1. The molecule has 1 unspecified atom stereocenters. The van der Waals surface area contributed by atoms with Gasteiger partial charge in [-0.1, -0.05) is 13.0 Å². The summed E-state index contributed by atoms with van der Waals surface area (Å²) in [6.07, 6.45) is 1.46. The molecule has 0 heterocycles. The lowest BCUT2D eigenvalue weighted by molar-refractivity contribution is 0.263. The summed E-state index contributed by atoms with van der Waals surface area (Å²) in [5.41, 5.74) is 0.868. The van der Waals surface area contributed by atoms with Gasteiger partial charge < -0.3 is 19.5 Å². The van der Waals surface area contributed by atoms with Crippen LogP contribution >= 0.6 is 0 Å². The van der Waals surface area contributed by atoms with E-state index in [0.29, 0.717) is 43.4 Å². The molecule has 0 aromatic heterocycles. The van der Waals surface area contributed by atoms with E-state index in [1.54, 1.807) is 18.2 Å². The molecular formula is C23H33FN2O5S. The molecule has 0 aliphatic heterocycles. The Labute approximate surface area is 190 Å². The summed E-state index contributed by atoms with van der Waals surface area (Å²) in [7, 11) is 0.809.